The number of aromatic nitrogens is 2. The second kappa shape index (κ2) is 3.18. The average molecular weight is 188 g/mol. The van der Waals surface area contributed by atoms with Crippen LogP contribution in [0.15, 0.2) is 35.4 Å². The molecule has 2 aromatic rings. The largest absolute Gasteiger partial charge is 0.330 e. The van der Waals surface area contributed by atoms with Gasteiger partial charge in [0.05, 0.1) is 5.69 Å². The van der Waals surface area contributed by atoms with Crippen molar-refractivity contribution in [2.75, 3.05) is 0 Å². The Morgan fingerprint density at radius 1 is 1.21 bits per heavy atom. The molecule has 1 N–H and O–H groups in total. The molecule has 1 aromatic carbocycles. The Morgan fingerprint density at radius 2 is 1.86 bits per heavy atom. The van der Waals surface area contributed by atoms with Crippen molar-refractivity contribution in [3.63, 3.8) is 0 Å². The molecule has 0 radical (unpaired) electrons. The van der Waals surface area contributed by atoms with Crippen molar-refractivity contribution in [2.24, 2.45) is 0 Å². The quantitative estimate of drug-likeness (QED) is 0.727. The van der Waals surface area contributed by atoms with Crippen LogP contribution in [0.1, 0.15) is 11.1 Å². The minimum absolute atomic E-state index is 0.0950. The highest BCUT2D eigenvalue weighted by atomic mass is 16.1. The van der Waals surface area contributed by atoms with Crippen LogP contribution in [0.25, 0.3) is 5.69 Å². The predicted molar refractivity (Wildman–Crippen MR) is 55.9 cm³/mol. The molecule has 1 aromatic heterocycles. The number of rotatable bonds is 1. The number of benzene rings is 1. The first-order valence-corrected chi connectivity index (χ1v) is 4.53. The van der Waals surface area contributed by atoms with E-state index in [1.165, 1.54) is 0 Å². The van der Waals surface area contributed by atoms with Crippen LogP contribution in [0, 0.1) is 13.8 Å². The van der Waals surface area contributed by atoms with Gasteiger partial charge in [-0.3, -0.25) is 4.57 Å². The maximum absolute atomic E-state index is 11.4. The third kappa shape index (κ3) is 1.27. The molecule has 0 aliphatic heterocycles. The Kier molecular flexibility index (Phi) is 2.00. The van der Waals surface area contributed by atoms with Crippen LogP contribution < -0.4 is 5.69 Å². The van der Waals surface area contributed by atoms with Gasteiger partial charge in [0.25, 0.3) is 0 Å². The fourth-order valence-corrected chi connectivity index (χ4v) is 1.68. The van der Waals surface area contributed by atoms with Gasteiger partial charge in [0.2, 0.25) is 0 Å². The van der Waals surface area contributed by atoms with E-state index in [2.05, 4.69) is 4.98 Å². The minimum Gasteiger partial charge on any atom is -0.312 e. The maximum atomic E-state index is 11.4. The molecule has 3 nitrogen and oxygen atoms in total. The summed E-state index contributed by atoms with van der Waals surface area (Å²) in [6.07, 6.45) is 3.39. The summed E-state index contributed by atoms with van der Waals surface area (Å²) in [5.74, 6) is 0. The second-order valence-electron chi connectivity index (χ2n) is 3.38. The lowest BCUT2D eigenvalue weighted by Crippen LogP contribution is -2.16. The molecule has 72 valence electrons. The van der Waals surface area contributed by atoms with Gasteiger partial charge in [0.15, 0.2) is 0 Å². The van der Waals surface area contributed by atoms with E-state index in [-0.39, 0.29) is 5.69 Å². The Bertz CT molecular complexity index is 488. The number of para-hydroxylation sites is 1. The Hall–Kier alpha value is -1.77. The highest BCUT2D eigenvalue weighted by Crippen LogP contribution is 2.16. The number of aromatic amines is 1. The van der Waals surface area contributed by atoms with Gasteiger partial charge in [-0.15, -0.1) is 0 Å². The van der Waals surface area contributed by atoms with E-state index in [1.54, 1.807) is 17.0 Å². The standard InChI is InChI=1S/C11H12N2O/c1-8-4-3-5-9(2)10(8)13-7-6-12-11(13)14/h3-7H,1-2H3,(H,12,14). The van der Waals surface area contributed by atoms with Crippen molar-refractivity contribution in [3.8, 4) is 5.69 Å². The molecule has 0 amide bonds. The van der Waals surface area contributed by atoms with Crippen molar-refractivity contribution in [3.05, 3.63) is 52.2 Å². The van der Waals surface area contributed by atoms with Gasteiger partial charge < -0.3 is 4.98 Å². The van der Waals surface area contributed by atoms with E-state index in [1.807, 2.05) is 32.0 Å². The topological polar surface area (TPSA) is 37.8 Å². The van der Waals surface area contributed by atoms with E-state index in [9.17, 15) is 4.79 Å². The summed E-state index contributed by atoms with van der Waals surface area (Å²) in [5.41, 5.74) is 3.08. The van der Waals surface area contributed by atoms with Crippen LogP contribution in [-0.2, 0) is 0 Å². The lowest BCUT2D eigenvalue weighted by molar-refractivity contribution is 0.963. The lowest BCUT2D eigenvalue weighted by atomic mass is 10.1. The molecule has 0 fully saturated rings. The molecular formula is C11H12N2O. The summed E-state index contributed by atoms with van der Waals surface area (Å²) < 4.78 is 1.63. The zero-order valence-corrected chi connectivity index (χ0v) is 8.24. The molecule has 0 bridgehead atoms. The number of nitrogens with zero attached hydrogens (tertiary/aromatic N) is 1. The summed E-state index contributed by atoms with van der Waals surface area (Å²) in [5, 5.41) is 0. The molecule has 3 heteroatoms. The fraction of sp³-hybridized carbons (Fsp3) is 0.182. The molecule has 2 rings (SSSR count). The summed E-state index contributed by atoms with van der Waals surface area (Å²) in [4.78, 5) is 14.1. The van der Waals surface area contributed by atoms with Gasteiger partial charge in [-0.25, -0.2) is 4.79 Å². The Morgan fingerprint density at radius 3 is 2.36 bits per heavy atom. The maximum Gasteiger partial charge on any atom is 0.330 e. The number of hydrogen-bond acceptors (Lipinski definition) is 1. The molecule has 1 heterocycles. The van der Waals surface area contributed by atoms with E-state index in [0.717, 1.165) is 16.8 Å². The lowest BCUT2D eigenvalue weighted by Gasteiger charge is -2.08. The molecular weight excluding hydrogens is 176 g/mol. The van der Waals surface area contributed by atoms with Crippen LogP contribution >= 0.6 is 0 Å². The smallest absolute Gasteiger partial charge is 0.312 e. The number of imidazole rings is 1. The van der Waals surface area contributed by atoms with Crippen LogP contribution in [0.3, 0.4) is 0 Å². The molecule has 0 unspecified atom stereocenters. The summed E-state index contributed by atoms with van der Waals surface area (Å²) in [6, 6.07) is 6.00. The van der Waals surface area contributed by atoms with Crippen LogP contribution in [0.5, 0.6) is 0 Å². The van der Waals surface area contributed by atoms with E-state index >= 15 is 0 Å². The van der Waals surface area contributed by atoms with Gasteiger partial charge >= 0.3 is 5.69 Å². The van der Waals surface area contributed by atoms with Gasteiger partial charge in [-0.2, -0.15) is 0 Å². The first-order chi connectivity index (χ1) is 6.70. The monoisotopic (exact) mass is 188 g/mol. The van der Waals surface area contributed by atoms with Gasteiger partial charge in [-0.05, 0) is 25.0 Å². The van der Waals surface area contributed by atoms with Gasteiger partial charge in [0.1, 0.15) is 0 Å². The Balaban J connectivity index is 2.74. The molecule has 0 aliphatic rings. The predicted octanol–water partition coefficient (Wildman–Crippen LogP) is 1.78. The van der Waals surface area contributed by atoms with E-state index in [0.29, 0.717) is 0 Å². The molecule has 0 spiro atoms. The molecule has 0 aliphatic carbocycles. The molecule has 0 saturated heterocycles. The van der Waals surface area contributed by atoms with Crippen molar-refractivity contribution >= 4 is 0 Å². The van der Waals surface area contributed by atoms with Gasteiger partial charge in [0, 0.05) is 12.4 Å². The number of hydrogen-bond donors (Lipinski definition) is 1. The third-order valence-corrected chi connectivity index (χ3v) is 2.33. The SMILES string of the molecule is Cc1cccc(C)c1-n1cc[nH]c1=O. The fourth-order valence-electron chi connectivity index (χ4n) is 1.68. The van der Waals surface area contributed by atoms with Crippen molar-refractivity contribution in [1.29, 1.82) is 0 Å². The third-order valence-electron chi connectivity index (χ3n) is 2.33. The van der Waals surface area contributed by atoms with Crippen molar-refractivity contribution in [1.82, 2.24) is 9.55 Å². The van der Waals surface area contributed by atoms with E-state index in [4.69, 9.17) is 0 Å². The zero-order valence-electron chi connectivity index (χ0n) is 8.24. The normalized spacial score (nSPS) is 10.4. The van der Waals surface area contributed by atoms with Crippen molar-refractivity contribution < 1.29 is 0 Å². The first kappa shape index (κ1) is 8.81. The van der Waals surface area contributed by atoms with Crippen molar-refractivity contribution in [2.45, 2.75) is 13.8 Å². The molecule has 0 saturated carbocycles. The zero-order chi connectivity index (χ0) is 10.1. The minimum atomic E-state index is -0.0950. The van der Waals surface area contributed by atoms with Gasteiger partial charge in [-0.1, -0.05) is 18.2 Å². The van der Waals surface area contributed by atoms with Crippen LogP contribution in [0.4, 0.5) is 0 Å². The van der Waals surface area contributed by atoms with Crippen LogP contribution in [0.2, 0.25) is 0 Å². The summed E-state index contributed by atoms with van der Waals surface area (Å²) in [7, 11) is 0. The highest BCUT2D eigenvalue weighted by molar-refractivity contribution is 5.46. The first-order valence-electron chi connectivity index (χ1n) is 4.53. The second-order valence-corrected chi connectivity index (χ2v) is 3.38. The Labute approximate surface area is 82.0 Å². The van der Waals surface area contributed by atoms with Crippen LogP contribution in [-0.4, -0.2) is 9.55 Å². The number of H-pyrrole nitrogens is 1. The summed E-state index contributed by atoms with van der Waals surface area (Å²) in [6.45, 7) is 4.00. The summed E-state index contributed by atoms with van der Waals surface area (Å²) >= 11 is 0. The molecule has 0 atom stereocenters. The number of nitrogens with one attached hydrogen (secondary N) is 1. The highest BCUT2D eigenvalue weighted by Gasteiger charge is 2.05. The van der Waals surface area contributed by atoms with E-state index < -0.39 is 0 Å². The molecule has 14 heavy (non-hydrogen) atoms. The average Bonchev–Trinajstić information content (AvgIpc) is 2.52. The number of aryl methyl sites for hydroxylation is 2.